The highest BCUT2D eigenvalue weighted by Gasteiger charge is 2.57. The summed E-state index contributed by atoms with van der Waals surface area (Å²) in [7, 11) is 3.57. The number of hydrogen-bond acceptors (Lipinski definition) is 6. The molecule has 2 saturated heterocycles. The Balaban J connectivity index is 1.35. The Morgan fingerprint density at radius 1 is 1.34 bits per heavy atom. The molecular weight excluding hydrogens is 394 g/mol. The van der Waals surface area contributed by atoms with Crippen molar-refractivity contribution in [2.24, 2.45) is 17.8 Å². The molecular formula is C20H29N3O5S. The quantitative estimate of drug-likeness (QED) is 0.511. The first-order chi connectivity index (χ1) is 13.7. The monoisotopic (exact) mass is 423 g/mol. The van der Waals surface area contributed by atoms with Crippen molar-refractivity contribution in [2.75, 3.05) is 20.6 Å². The largest absolute Gasteiger partial charge is 0.477 e. The molecule has 4 rings (SSSR count). The second kappa shape index (κ2) is 7.59. The number of thioether (sulfide) groups is 1. The third-order valence-electron chi connectivity index (χ3n) is 6.75. The van der Waals surface area contributed by atoms with E-state index in [0.29, 0.717) is 30.7 Å². The molecule has 0 aromatic heterocycles. The smallest absolute Gasteiger partial charge is 0.353 e. The summed E-state index contributed by atoms with van der Waals surface area (Å²) < 4.78 is 0. The second-order valence-electron chi connectivity index (χ2n) is 8.97. The number of hydrogen-bond donors (Lipinski definition) is 3. The van der Waals surface area contributed by atoms with E-state index in [1.807, 2.05) is 0 Å². The Hall–Kier alpha value is -1.58. The number of fused-ring (bicyclic) bond motifs is 1. The van der Waals surface area contributed by atoms with Gasteiger partial charge in [0.1, 0.15) is 5.70 Å². The van der Waals surface area contributed by atoms with Crippen molar-refractivity contribution >= 4 is 29.5 Å². The molecule has 0 aromatic carbocycles. The van der Waals surface area contributed by atoms with Crippen LogP contribution in [0, 0.1) is 17.8 Å². The van der Waals surface area contributed by atoms with Crippen molar-refractivity contribution in [3.8, 4) is 0 Å². The summed E-state index contributed by atoms with van der Waals surface area (Å²) in [5, 5.41) is 23.3. The third kappa shape index (κ3) is 3.68. The number of aliphatic hydroxyl groups is 1. The molecule has 2 amide bonds. The van der Waals surface area contributed by atoms with E-state index in [1.165, 1.54) is 4.90 Å². The third-order valence-corrected chi connectivity index (χ3v) is 8.09. The number of aliphatic carboxylic acids is 1. The van der Waals surface area contributed by atoms with Crippen LogP contribution in [0.1, 0.15) is 32.6 Å². The van der Waals surface area contributed by atoms with Gasteiger partial charge in [0, 0.05) is 49.7 Å². The summed E-state index contributed by atoms with van der Waals surface area (Å²) in [6.07, 6.45) is 2.35. The molecule has 1 saturated carbocycles. The number of β-lactam (4-membered cyclic amide) rings is 1. The van der Waals surface area contributed by atoms with Gasteiger partial charge in [-0.25, -0.2) is 4.79 Å². The van der Waals surface area contributed by atoms with Crippen molar-refractivity contribution in [1.29, 1.82) is 0 Å². The van der Waals surface area contributed by atoms with E-state index in [1.54, 1.807) is 37.7 Å². The highest BCUT2D eigenvalue weighted by molar-refractivity contribution is 8.03. The summed E-state index contributed by atoms with van der Waals surface area (Å²) in [5.74, 6) is -0.727. The standard InChI is InChI=1S/C20H29N3O5S/c1-9(24)17-14-7-15(18(20(27)28)23(14)19(17)26)29-11-6-13(21-8-11)12-4-10(12)5-16(25)22(2)3/h9-14,17,21,24H,4-8H2,1-3H3,(H,27,28)/t9-,10?,11+,12?,13+,14-,17-/m1/s1. The first kappa shape index (κ1) is 20.7. The molecule has 29 heavy (non-hydrogen) atoms. The zero-order valence-electron chi connectivity index (χ0n) is 17.0. The zero-order chi connectivity index (χ0) is 21.0. The lowest BCUT2D eigenvalue weighted by Crippen LogP contribution is -2.61. The molecule has 0 aromatic rings. The van der Waals surface area contributed by atoms with Gasteiger partial charge < -0.3 is 25.3 Å². The van der Waals surface area contributed by atoms with Crippen LogP contribution in [0.25, 0.3) is 0 Å². The number of carbonyl (C=O) groups excluding carboxylic acids is 2. The molecule has 160 valence electrons. The first-order valence-corrected chi connectivity index (χ1v) is 11.1. The lowest BCUT2D eigenvalue weighted by atomic mass is 9.83. The van der Waals surface area contributed by atoms with E-state index in [0.717, 1.165) is 24.3 Å². The average Bonchev–Trinajstić information content (AvgIpc) is 3.09. The predicted molar refractivity (Wildman–Crippen MR) is 108 cm³/mol. The van der Waals surface area contributed by atoms with E-state index in [-0.39, 0.29) is 28.8 Å². The molecule has 8 nitrogen and oxygen atoms in total. The zero-order valence-corrected chi connectivity index (χ0v) is 17.8. The highest BCUT2D eigenvalue weighted by atomic mass is 32.2. The van der Waals surface area contributed by atoms with Crippen molar-refractivity contribution < 1.29 is 24.6 Å². The highest BCUT2D eigenvalue weighted by Crippen LogP contribution is 2.51. The molecule has 7 atom stereocenters. The molecule has 0 radical (unpaired) electrons. The van der Waals surface area contributed by atoms with E-state index in [2.05, 4.69) is 5.32 Å². The SMILES string of the molecule is C[C@@H](O)[C@H]1C(=O)N2C(C(=O)O)=C(S[C@@H]3CN[C@H](C4CC4CC(=O)N(C)C)C3)C[C@H]12. The molecule has 3 aliphatic heterocycles. The fourth-order valence-corrected chi connectivity index (χ4v) is 6.54. The van der Waals surface area contributed by atoms with Crippen LogP contribution in [-0.4, -0.2) is 81.9 Å². The van der Waals surface area contributed by atoms with Crippen LogP contribution in [0.5, 0.6) is 0 Å². The van der Waals surface area contributed by atoms with Crippen LogP contribution in [-0.2, 0) is 14.4 Å². The lowest BCUT2D eigenvalue weighted by molar-refractivity contribution is -0.161. The maximum atomic E-state index is 12.3. The predicted octanol–water partition coefficient (Wildman–Crippen LogP) is 0.472. The summed E-state index contributed by atoms with van der Waals surface area (Å²) >= 11 is 1.57. The van der Waals surface area contributed by atoms with Crippen LogP contribution in [0.15, 0.2) is 10.6 Å². The van der Waals surface area contributed by atoms with Gasteiger partial charge in [-0.15, -0.1) is 11.8 Å². The summed E-state index contributed by atoms with van der Waals surface area (Å²) in [5.41, 5.74) is 0.103. The number of nitrogens with zero attached hydrogens (tertiary/aromatic N) is 2. The fraction of sp³-hybridized carbons (Fsp3) is 0.750. The topological polar surface area (TPSA) is 110 Å². The summed E-state index contributed by atoms with van der Waals surface area (Å²) in [4.78, 5) is 39.8. The molecule has 2 unspecified atom stereocenters. The van der Waals surface area contributed by atoms with Gasteiger partial charge in [0.2, 0.25) is 11.8 Å². The molecule has 3 N–H and O–H groups in total. The molecule has 1 aliphatic carbocycles. The summed E-state index contributed by atoms with van der Waals surface area (Å²) in [6.45, 7) is 2.39. The molecule has 0 spiro atoms. The average molecular weight is 424 g/mol. The van der Waals surface area contributed by atoms with Gasteiger partial charge in [0.25, 0.3) is 0 Å². The molecule has 4 aliphatic rings. The van der Waals surface area contributed by atoms with Gasteiger partial charge >= 0.3 is 5.97 Å². The van der Waals surface area contributed by atoms with Crippen molar-refractivity contribution in [3.63, 3.8) is 0 Å². The minimum absolute atomic E-state index is 0.103. The van der Waals surface area contributed by atoms with Crippen LogP contribution in [0.3, 0.4) is 0 Å². The van der Waals surface area contributed by atoms with E-state index in [4.69, 9.17) is 0 Å². The van der Waals surface area contributed by atoms with Gasteiger partial charge in [-0.1, -0.05) is 0 Å². The number of carboxylic acids is 1. The Morgan fingerprint density at radius 3 is 2.69 bits per heavy atom. The number of rotatable bonds is 7. The Kier molecular flexibility index (Phi) is 5.41. The van der Waals surface area contributed by atoms with Gasteiger partial charge in [-0.05, 0) is 31.6 Å². The maximum absolute atomic E-state index is 12.3. The van der Waals surface area contributed by atoms with Gasteiger partial charge in [0.15, 0.2) is 0 Å². The molecule has 3 fully saturated rings. The minimum atomic E-state index is -1.07. The van der Waals surface area contributed by atoms with E-state index in [9.17, 15) is 24.6 Å². The Labute approximate surface area is 174 Å². The summed E-state index contributed by atoms with van der Waals surface area (Å²) in [6, 6.07) is 0.137. The van der Waals surface area contributed by atoms with E-state index >= 15 is 0 Å². The molecule has 3 heterocycles. The minimum Gasteiger partial charge on any atom is -0.477 e. The van der Waals surface area contributed by atoms with Crippen LogP contribution in [0.2, 0.25) is 0 Å². The number of aliphatic hydroxyl groups excluding tert-OH is 1. The number of amides is 2. The number of carbonyl (C=O) groups is 3. The van der Waals surface area contributed by atoms with Crippen molar-refractivity contribution in [1.82, 2.24) is 15.1 Å². The maximum Gasteiger partial charge on any atom is 0.353 e. The van der Waals surface area contributed by atoms with Gasteiger partial charge in [-0.3, -0.25) is 9.59 Å². The Bertz CT molecular complexity index is 767. The van der Waals surface area contributed by atoms with Crippen LogP contribution in [0.4, 0.5) is 0 Å². The Morgan fingerprint density at radius 2 is 2.07 bits per heavy atom. The van der Waals surface area contributed by atoms with Crippen molar-refractivity contribution in [3.05, 3.63) is 10.6 Å². The van der Waals surface area contributed by atoms with Gasteiger partial charge in [0.05, 0.1) is 18.1 Å². The second-order valence-corrected chi connectivity index (χ2v) is 10.4. The molecule has 9 heteroatoms. The molecule has 0 bridgehead atoms. The van der Waals surface area contributed by atoms with Crippen LogP contribution >= 0.6 is 11.8 Å². The van der Waals surface area contributed by atoms with Crippen molar-refractivity contribution in [2.45, 2.75) is 56.0 Å². The first-order valence-electron chi connectivity index (χ1n) is 10.3. The van der Waals surface area contributed by atoms with E-state index < -0.39 is 18.0 Å². The number of nitrogens with one attached hydrogen (secondary N) is 1. The normalized spacial score (nSPS) is 36.7. The van der Waals surface area contributed by atoms with Gasteiger partial charge in [-0.2, -0.15) is 0 Å². The number of carboxylic acid groups (broad SMARTS) is 1. The fourth-order valence-electron chi connectivity index (χ4n) is 5.09. The lowest BCUT2D eigenvalue weighted by Gasteiger charge is -2.44. The van der Waals surface area contributed by atoms with Crippen LogP contribution < -0.4 is 5.32 Å².